The van der Waals surface area contributed by atoms with Gasteiger partial charge in [0, 0.05) is 127 Å². The molecule has 26 aromatic rings. The number of aromatic nitrogens is 3. The van der Waals surface area contributed by atoms with Crippen molar-refractivity contribution in [2.75, 3.05) is 0 Å². The molecule has 0 saturated carbocycles. The average molecular weight is 1920 g/mol. The molecule has 0 atom stereocenters. The molecule has 0 aliphatic heterocycles. The predicted molar refractivity (Wildman–Crippen MR) is 606 cm³/mol. The van der Waals surface area contributed by atoms with Crippen LogP contribution in [0.4, 0.5) is 0 Å². The van der Waals surface area contributed by atoms with E-state index in [2.05, 4.69) is 297 Å². The topological polar surface area (TPSA) is 89.9 Å². The van der Waals surface area contributed by atoms with E-state index in [9.17, 15) is 9.13 Å². The number of hydrogen-bond donors (Lipinski definition) is 0. The Kier molecular flexibility index (Phi) is 23.5. The summed E-state index contributed by atoms with van der Waals surface area (Å²) in [7, 11) is -9.12. The quantitative estimate of drug-likeness (QED) is 0.0844. The van der Waals surface area contributed by atoms with Gasteiger partial charge < -0.3 is 13.7 Å². The largest absolute Gasteiger partial charge is 0.309 e. The Hall–Kier alpha value is -16.0. The first-order valence-electron chi connectivity index (χ1n) is 47.1. The van der Waals surface area contributed by atoms with Gasteiger partial charge in [0.1, 0.15) is 0 Å². The van der Waals surface area contributed by atoms with Crippen molar-refractivity contribution in [1.29, 1.82) is 0 Å². The van der Waals surface area contributed by atoms with Gasteiger partial charge in [-0.3, -0.25) is 0 Å². The van der Waals surface area contributed by atoms with E-state index in [1.54, 1.807) is 11.3 Å². The number of benzene rings is 20. The molecule has 0 aliphatic rings. The monoisotopic (exact) mass is 1910 g/mol. The summed E-state index contributed by atoms with van der Waals surface area (Å²) in [6, 6.07) is 178. The summed E-state index contributed by atoms with van der Waals surface area (Å²) in [4.78, 5) is 15.8. The van der Waals surface area contributed by atoms with Crippen LogP contribution in [-0.4, -0.2) is 15.0 Å². The maximum absolute atomic E-state index is 15.1. The second kappa shape index (κ2) is 37.7. The summed E-state index contributed by atoms with van der Waals surface area (Å²) in [5.74, 6) is 0. The molecular formula is C129H86N3O3P3S3. The van der Waals surface area contributed by atoms with Crippen LogP contribution in [0.15, 0.2) is 522 Å². The van der Waals surface area contributed by atoms with Gasteiger partial charge in [0.15, 0.2) is 21.4 Å². The van der Waals surface area contributed by atoms with Gasteiger partial charge in [0.05, 0.1) is 47.7 Å². The average Bonchev–Trinajstić information content (AvgIpc) is 1.60. The smallest absolute Gasteiger partial charge is 0.171 e. The van der Waals surface area contributed by atoms with Crippen LogP contribution in [-0.2, 0) is 13.7 Å². The van der Waals surface area contributed by atoms with Crippen LogP contribution in [0.5, 0.6) is 0 Å². The van der Waals surface area contributed by atoms with Crippen molar-refractivity contribution in [1.82, 2.24) is 15.0 Å². The van der Waals surface area contributed by atoms with Crippen LogP contribution in [0.2, 0.25) is 0 Å². The Labute approximate surface area is 829 Å². The van der Waals surface area contributed by atoms with Crippen molar-refractivity contribution in [2.45, 2.75) is 0 Å². The first kappa shape index (κ1) is 87.7. The Morgan fingerprint density at radius 3 is 0.730 bits per heavy atom. The molecule has 0 aliphatic carbocycles. The van der Waals surface area contributed by atoms with E-state index in [4.69, 9.17) is 15.0 Å². The number of thiophene rings is 3. The van der Waals surface area contributed by atoms with Gasteiger partial charge in [-0.05, 0) is 110 Å². The zero-order valence-corrected chi connectivity index (χ0v) is 81.4. The Bertz CT molecular complexity index is 9220. The molecule has 20 aromatic carbocycles. The predicted octanol–water partition coefficient (Wildman–Crippen LogP) is 32.1. The fourth-order valence-corrected chi connectivity index (χ4v) is 31.6. The molecule has 6 nitrogen and oxygen atoms in total. The fourth-order valence-electron chi connectivity index (χ4n) is 19.9. The lowest BCUT2D eigenvalue weighted by molar-refractivity contribution is 0.591. The minimum atomic E-state index is -3.09. The molecule has 6 aromatic heterocycles. The molecule has 0 N–H and O–H groups in total. The van der Waals surface area contributed by atoms with Crippen molar-refractivity contribution in [3.63, 3.8) is 0 Å². The molecular weight excluding hydrogens is 1830 g/mol. The van der Waals surface area contributed by atoms with Crippen molar-refractivity contribution in [2.24, 2.45) is 0 Å². The van der Waals surface area contributed by atoms with Gasteiger partial charge in [-0.2, -0.15) is 0 Å². The minimum absolute atomic E-state index is 0.822. The Balaban J connectivity index is 0.000000115. The van der Waals surface area contributed by atoms with E-state index >= 15 is 4.57 Å². The molecule has 668 valence electrons. The first-order chi connectivity index (χ1) is 69.5. The van der Waals surface area contributed by atoms with Crippen LogP contribution in [0.1, 0.15) is 0 Å². The molecule has 0 amide bonds. The van der Waals surface area contributed by atoms with Gasteiger partial charge in [0.2, 0.25) is 0 Å². The third-order valence-electron chi connectivity index (χ3n) is 26.9. The van der Waals surface area contributed by atoms with E-state index in [0.29, 0.717) is 0 Å². The summed E-state index contributed by atoms with van der Waals surface area (Å²) in [5, 5.41) is 18.6. The van der Waals surface area contributed by atoms with Crippen LogP contribution < -0.4 is 47.7 Å². The first-order valence-corrected chi connectivity index (χ1v) is 54.7. The third-order valence-corrected chi connectivity index (χ3v) is 39.6. The number of nitrogens with zero attached hydrogens (tertiary/aromatic N) is 3. The van der Waals surface area contributed by atoms with Crippen LogP contribution in [0, 0.1) is 0 Å². The highest BCUT2D eigenvalue weighted by Gasteiger charge is 2.34. The van der Waals surface area contributed by atoms with Crippen molar-refractivity contribution >= 4 is 196 Å². The second-order valence-corrected chi connectivity index (χ2v) is 46.7. The summed E-state index contributed by atoms with van der Waals surface area (Å²) in [6.45, 7) is 0. The molecule has 0 radical (unpaired) electrons. The molecule has 12 heteroatoms. The van der Waals surface area contributed by atoms with E-state index in [0.717, 1.165) is 164 Å². The van der Waals surface area contributed by atoms with Gasteiger partial charge in [0.25, 0.3) is 0 Å². The molecule has 26 rings (SSSR count). The lowest BCUT2D eigenvalue weighted by Crippen LogP contribution is -2.25. The SMILES string of the molecule is O=P(c1ccccc1)(c1ccccc1)c1ccc(-c2ccc(-c3ccc4c(c3)nc(-c3ccccc3)c3sc5ccccc5c34)cc2)cc1.O=P(c1ccccc1)(c1ccccc1)c1ccc(-c2ccc3nc(-c4ccccc4)c4sc5ccccc5c4c3c2)cc1.O=P(c1ccccc1)(c1ccccc1)c1cccc(-c2cccc(-c3ccc4c(c3)nc(-c3ccccc3)c3sc5ccccc5c34)c2)c1. The van der Waals surface area contributed by atoms with Gasteiger partial charge >= 0.3 is 0 Å². The lowest BCUT2D eigenvalue weighted by atomic mass is 9.97. The van der Waals surface area contributed by atoms with Crippen molar-refractivity contribution < 1.29 is 13.7 Å². The van der Waals surface area contributed by atoms with Crippen LogP contribution in [0.25, 0.3) is 183 Å². The molecule has 0 unspecified atom stereocenters. The molecule has 141 heavy (non-hydrogen) atoms. The van der Waals surface area contributed by atoms with E-state index < -0.39 is 21.4 Å². The zero-order chi connectivity index (χ0) is 94.4. The molecule has 0 spiro atoms. The summed E-state index contributed by atoms with van der Waals surface area (Å²) in [6.07, 6.45) is 0. The van der Waals surface area contributed by atoms with E-state index in [1.165, 1.54) is 65.9 Å². The van der Waals surface area contributed by atoms with E-state index in [-0.39, 0.29) is 0 Å². The standard InChI is InChI=1S/2C45H30NOPS.C39H26NOPS/c47-48(36-19-6-2-7-20-36,37-21-8-3-9-22-37)38-23-13-18-34(29-38)32-16-12-17-33(28-32)35-26-27-39-41(30-35)46-44(31-14-4-1-5-15-31)45-43(39)40-24-10-11-25-42(40)49-45;47-48(36-14-6-2-7-15-36,37-16-8-3-9-17-37)38-27-24-32(25-28-38)31-20-22-33(23-21-31)35-26-29-39-41(30-35)46-44(34-12-4-1-5-13-34)45-43(39)40-18-10-11-19-42(40)49-45;41-42(30-14-6-2-7-15-30,31-16-8-3-9-17-31)32-23-20-27(21-24-32)29-22-25-35-34(26-29)37-33-18-10-11-19-36(33)43-39(37)38(40-35)28-12-4-1-5-13-28/h2*1-30H;1-26H. The Morgan fingerprint density at radius 2 is 0.376 bits per heavy atom. The highest BCUT2D eigenvalue weighted by Crippen LogP contribution is 2.51. The van der Waals surface area contributed by atoms with Crippen molar-refractivity contribution in [3.05, 3.63) is 522 Å². The van der Waals surface area contributed by atoms with Gasteiger partial charge in [-0.1, -0.05) is 467 Å². The fraction of sp³-hybridized carbons (Fsp3) is 0. The number of fused-ring (bicyclic) bond motifs is 15. The number of hydrogen-bond acceptors (Lipinski definition) is 9. The Morgan fingerprint density at radius 1 is 0.149 bits per heavy atom. The summed E-state index contributed by atoms with van der Waals surface area (Å²) >= 11 is 5.44. The normalized spacial score (nSPS) is 11.8. The molecule has 6 heterocycles. The lowest BCUT2D eigenvalue weighted by Gasteiger charge is -2.20. The highest BCUT2D eigenvalue weighted by atomic mass is 32.1. The third kappa shape index (κ3) is 16.3. The van der Waals surface area contributed by atoms with Crippen LogP contribution >= 0.6 is 55.4 Å². The van der Waals surface area contributed by atoms with Crippen molar-refractivity contribution in [3.8, 4) is 89.4 Å². The van der Waals surface area contributed by atoms with Gasteiger partial charge in [-0.25, -0.2) is 15.0 Å². The van der Waals surface area contributed by atoms with Gasteiger partial charge in [-0.15, -0.1) is 34.0 Å². The molecule has 0 fully saturated rings. The summed E-state index contributed by atoms with van der Waals surface area (Å²) in [5.41, 5.74) is 20.4. The highest BCUT2D eigenvalue weighted by molar-refractivity contribution is 7.86. The zero-order valence-electron chi connectivity index (χ0n) is 76.3. The minimum Gasteiger partial charge on any atom is -0.309 e. The van der Waals surface area contributed by atoms with E-state index in [1.807, 2.05) is 247 Å². The molecule has 0 saturated heterocycles. The number of pyridine rings is 3. The second-order valence-electron chi connectivity index (χ2n) is 35.2. The van der Waals surface area contributed by atoms with Crippen LogP contribution in [0.3, 0.4) is 0 Å². The maximum Gasteiger partial charge on any atom is 0.171 e. The maximum atomic E-state index is 15.1. The molecule has 0 bridgehead atoms. The number of rotatable bonds is 17. The summed E-state index contributed by atoms with van der Waals surface area (Å²) < 4.78 is 52.2.